The first-order valence-corrected chi connectivity index (χ1v) is 8.63. The number of aromatic nitrogens is 1. The van der Waals surface area contributed by atoms with Crippen molar-refractivity contribution in [3.05, 3.63) is 46.8 Å². The summed E-state index contributed by atoms with van der Waals surface area (Å²) in [6.45, 7) is 5.56. The average molecular weight is 344 g/mol. The summed E-state index contributed by atoms with van der Waals surface area (Å²) >= 11 is 0. The number of aryl methyl sites for hydroxylation is 2. The first-order valence-electron chi connectivity index (χ1n) is 8.63. The van der Waals surface area contributed by atoms with Gasteiger partial charge < -0.3 is 19.3 Å². The maximum atomic E-state index is 12.1. The van der Waals surface area contributed by atoms with E-state index in [1.54, 1.807) is 0 Å². The maximum absolute atomic E-state index is 12.1. The highest BCUT2D eigenvalue weighted by atomic mass is 16.5. The molecule has 0 spiro atoms. The fourth-order valence-electron chi connectivity index (χ4n) is 2.85. The minimum atomic E-state index is -0.0480. The lowest BCUT2D eigenvalue weighted by atomic mass is 10.1. The number of hydrogen-bond donors (Lipinski definition) is 1. The number of nitrogens with zero attached hydrogens (tertiary/aromatic N) is 1. The second-order valence-electron chi connectivity index (χ2n) is 6.35. The second-order valence-corrected chi connectivity index (χ2v) is 6.35. The van der Waals surface area contributed by atoms with Gasteiger partial charge in [-0.05, 0) is 44.4 Å². The molecule has 0 radical (unpaired) electrons. The molecular formula is C19H24N2O4. The molecule has 3 rings (SSSR count). The number of nitrogens with one attached hydrogen (secondary N) is 1. The Labute approximate surface area is 147 Å². The molecule has 6 nitrogen and oxygen atoms in total. The third-order valence-corrected chi connectivity index (χ3v) is 4.39. The minimum absolute atomic E-state index is 0.0480. The topological polar surface area (TPSA) is 73.6 Å². The van der Waals surface area contributed by atoms with Crippen molar-refractivity contribution in [2.45, 2.75) is 45.8 Å². The van der Waals surface area contributed by atoms with Crippen molar-refractivity contribution in [1.82, 2.24) is 10.5 Å². The number of carbonyl (C=O) groups is 1. The molecule has 2 heterocycles. The summed E-state index contributed by atoms with van der Waals surface area (Å²) in [5, 5.41) is 6.78. The summed E-state index contributed by atoms with van der Waals surface area (Å²) in [6.07, 6.45) is 2.67. The molecular weight excluding hydrogens is 320 g/mol. The Morgan fingerprint density at radius 3 is 2.76 bits per heavy atom. The Balaban J connectivity index is 1.44. The van der Waals surface area contributed by atoms with Gasteiger partial charge in [0.2, 0.25) is 5.91 Å². The van der Waals surface area contributed by atoms with Crippen LogP contribution in [0.5, 0.6) is 5.75 Å². The molecule has 1 aromatic carbocycles. The molecule has 1 saturated heterocycles. The van der Waals surface area contributed by atoms with Crippen LogP contribution in [0.25, 0.3) is 0 Å². The van der Waals surface area contributed by atoms with Crippen LogP contribution in [0, 0.1) is 13.8 Å². The van der Waals surface area contributed by atoms with E-state index in [-0.39, 0.29) is 18.4 Å². The van der Waals surface area contributed by atoms with Crippen molar-refractivity contribution in [3.63, 3.8) is 0 Å². The zero-order valence-corrected chi connectivity index (χ0v) is 14.7. The number of rotatable bonds is 7. The Morgan fingerprint density at radius 1 is 1.32 bits per heavy atom. The molecule has 1 unspecified atom stereocenters. The fraction of sp³-hybridized carbons (Fsp3) is 0.474. The maximum Gasteiger partial charge on any atom is 0.224 e. The van der Waals surface area contributed by atoms with Gasteiger partial charge in [0.15, 0.2) is 0 Å². The van der Waals surface area contributed by atoms with Gasteiger partial charge in [-0.1, -0.05) is 17.3 Å². The van der Waals surface area contributed by atoms with Crippen LogP contribution in [0.15, 0.2) is 28.8 Å². The quantitative estimate of drug-likeness (QED) is 0.836. The SMILES string of the molecule is Cc1noc(C)c1CC(=O)NCc1ccc(OCC2CCCO2)cc1. The molecule has 0 aliphatic carbocycles. The molecule has 1 atom stereocenters. The molecule has 0 saturated carbocycles. The zero-order chi connectivity index (χ0) is 17.6. The molecule has 1 aliphatic rings. The van der Waals surface area contributed by atoms with Crippen molar-refractivity contribution < 1.29 is 18.8 Å². The van der Waals surface area contributed by atoms with Gasteiger partial charge in [0.05, 0.1) is 18.2 Å². The molecule has 1 aliphatic heterocycles. The van der Waals surface area contributed by atoms with E-state index >= 15 is 0 Å². The normalized spacial score (nSPS) is 16.8. The van der Waals surface area contributed by atoms with E-state index in [1.807, 2.05) is 38.1 Å². The summed E-state index contributed by atoms with van der Waals surface area (Å²) in [7, 11) is 0. The van der Waals surface area contributed by atoms with Crippen molar-refractivity contribution in [2.24, 2.45) is 0 Å². The first-order chi connectivity index (χ1) is 12.1. The highest BCUT2D eigenvalue weighted by Crippen LogP contribution is 2.17. The number of benzene rings is 1. The molecule has 1 aromatic heterocycles. The fourth-order valence-corrected chi connectivity index (χ4v) is 2.85. The van der Waals surface area contributed by atoms with Crippen molar-refractivity contribution in [3.8, 4) is 5.75 Å². The minimum Gasteiger partial charge on any atom is -0.491 e. The number of ether oxygens (including phenoxy) is 2. The summed E-state index contributed by atoms with van der Waals surface area (Å²) in [5.74, 6) is 1.47. The van der Waals surface area contributed by atoms with Crippen LogP contribution in [-0.2, 0) is 22.5 Å². The van der Waals surface area contributed by atoms with E-state index in [0.717, 1.165) is 42.0 Å². The van der Waals surface area contributed by atoms with Crippen LogP contribution in [0.1, 0.15) is 35.4 Å². The van der Waals surface area contributed by atoms with E-state index in [4.69, 9.17) is 14.0 Å². The van der Waals surface area contributed by atoms with Crippen molar-refractivity contribution in [2.75, 3.05) is 13.2 Å². The van der Waals surface area contributed by atoms with Gasteiger partial charge in [0.25, 0.3) is 0 Å². The molecule has 0 bridgehead atoms. The van der Waals surface area contributed by atoms with Gasteiger partial charge in [-0.2, -0.15) is 0 Å². The summed E-state index contributed by atoms with van der Waals surface area (Å²) in [6, 6.07) is 7.76. The van der Waals surface area contributed by atoms with E-state index in [0.29, 0.717) is 18.9 Å². The smallest absolute Gasteiger partial charge is 0.224 e. The van der Waals surface area contributed by atoms with Crippen LogP contribution in [-0.4, -0.2) is 30.4 Å². The molecule has 1 N–H and O–H groups in total. The molecule has 1 amide bonds. The van der Waals surface area contributed by atoms with Crippen LogP contribution in [0.4, 0.5) is 0 Å². The molecule has 1 fully saturated rings. The molecule has 25 heavy (non-hydrogen) atoms. The highest BCUT2D eigenvalue weighted by molar-refractivity contribution is 5.79. The largest absolute Gasteiger partial charge is 0.491 e. The predicted octanol–water partition coefficient (Wildman–Crippen LogP) is 2.71. The van der Waals surface area contributed by atoms with Gasteiger partial charge >= 0.3 is 0 Å². The van der Waals surface area contributed by atoms with Gasteiger partial charge in [0, 0.05) is 18.7 Å². The lowest BCUT2D eigenvalue weighted by Gasteiger charge is -2.12. The predicted molar refractivity (Wildman–Crippen MR) is 92.4 cm³/mol. The highest BCUT2D eigenvalue weighted by Gasteiger charge is 2.16. The Bertz CT molecular complexity index is 683. The standard InChI is InChI=1S/C19H24N2O4/c1-13-18(14(2)25-21-13)10-19(22)20-11-15-5-7-16(8-6-15)24-12-17-4-3-9-23-17/h5-8,17H,3-4,9-12H2,1-2H3,(H,20,22). The molecule has 2 aromatic rings. The zero-order valence-electron chi connectivity index (χ0n) is 14.7. The molecule has 6 heteroatoms. The van der Waals surface area contributed by atoms with Gasteiger partial charge in [0.1, 0.15) is 18.1 Å². The average Bonchev–Trinajstić information content (AvgIpc) is 3.24. The van der Waals surface area contributed by atoms with Crippen LogP contribution < -0.4 is 10.1 Å². The summed E-state index contributed by atoms with van der Waals surface area (Å²) in [4.78, 5) is 12.1. The van der Waals surface area contributed by atoms with Crippen molar-refractivity contribution >= 4 is 5.91 Å². The van der Waals surface area contributed by atoms with Gasteiger partial charge in [-0.3, -0.25) is 4.79 Å². The van der Waals surface area contributed by atoms with Gasteiger partial charge in [-0.15, -0.1) is 0 Å². The first kappa shape index (κ1) is 17.5. The third-order valence-electron chi connectivity index (χ3n) is 4.39. The lowest BCUT2D eigenvalue weighted by Crippen LogP contribution is -2.24. The molecule has 134 valence electrons. The van der Waals surface area contributed by atoms with E-state index < -0.39 is 0 Å². The Kier molecular flexibility index (Phi) is 5.71. The van der Waals surface area contributed by atoms with E-state index in [9.17, 15) is 4.79 Å². The van der Waals surface area contributed by atoms with Gasteiger partial charge in [-0.25, -0.2) is 0 Å². The Morgan fingerprint density at radius 2 is 2.12 bits per heavy atom. The number of carbonyl (C=O) groups excluding carboxylic acids is 1. The van der Waals surface area contributed by atoms with Crippen LogP contribution >= 0.6 is 0 Å². The summed E-state index contributed by atoms with van der Waals surface area (Å²) < 4.78 is 16.4. The van der Waals surface area contributed by atoms with E-state index in [1.165, 1.54) is 0 Å². The monoisotopic (exact) mass is 344 g/mol. The Hall–Kier alpha value is -2.34. The van der Waals surface area contributed by atoms with Crippen LogP contribution in [0.3, 0.4) is 0 Å². The number of amides is 1. The van der Waals surface area contributed by atoms with Crippen LogP contribution in [0.2, 0.25) is 0 Å². The second kappa shape index (κ2) is 8.16. The van der Waals surface area contributed by atoms with Crippen molar-refractivity contribution in [1.29, 1.82) is 0 Å². The third kappa shape index (κ3) is 4.82. The lowest BCUT2D eigenvalue weighted by molar-refractivity contribution is -0.120. The van der Waals surface area contributed by atoms with E-state index in [2.05, 4.69) is 10.5 Å². The summed E-state index contributed by atoms with van der Waals surface area (Å²) in [5.41, 5.74) is 2.65. The number of hydrogen-bond acceptors (Lipinski definition) is 5.